The van der Waals surface area contributed by atoms with E-state index in [1.54, 1.807) is 0 Å². The topological polar surface area (TPSA) is 15.3 Å². The molecule has 2 nitrogen and oxygen atoms in total. The van der Waals surface area contributed by atoms with Crippen molar-refractivity contribution in [3.63, 3.8) is 0 Å². The number of likely N-dealkylation sites (N-methyl/N-ethyl adjacent to an activating group) is 1. The molecule has 2 heteroatoms. The molecular weight excluding hydrogens is 160 g/mol. The van der Waals surface area contributed by atoms with Crippen molar-refractivity contribution in [1.29, 1.82) is 0 Å². The quantitative estimate of drug-likeness (QED) is 0.699. The molecule has 2 unspecified atom stereocenters. The van der Waals surface area contributed by atoms with Crippen LogP contribution in [0.2, 0.25) is 0 Å². The summed E-state index contributed by atoms with van der Waals surface area (Å²) in [7, 11) is 2.13. The normalized spacial score (nSPS) is 41.3. The van der Waals surface area contributed by atoms with Gasteiger partial charge in [-0.3, -0.25) is 0 Å². The lowest BCUT2D eigenvalue weighted by Gasteiger charge is -2.44. The molecule has 0 aromatic carbocycles. The predicted molar refractivity (Wildman–Crippen MR) is 53.7 cm³/mol. The standard InChI is InChI=1S/C11H20N2/c1-12-11(3-2-4-11)8-13-6-9-5-10(9)7-13/h9-10,12H,2-8H2,1H3. The lowest BCUT2D eigenvalue weighted by molar-refractivity contribution is 0.124. The van der Waals surface area contributed by atoms with E-state index in [9.17, 15) is 0 Å². The molecule has 1 N–H and O–H groups in total. The van der Waals surface area contributed by atoms with Gasteiger partial charge in [0.15, 0.2) is 0 Å². The van der Waals surface area contributed by atoms with Crippen molar-refractivity contribution < 1.29 is 0 Å². The maximum absolute atomic E-state index is 3.53. The second-order valence-electron chi connectivity index (χ2n) is 5.33. The fraction of sp³-hybridized carbons (Fsp3) is 1.00. The highest BCUT2D eigenvalue weighted by Gasteiger charge is 2.47. The van der Waals surface area contributed by atoms with E-state index in [0.29, 0.717) is 5.54 Å². The van der Waals surface area contributed by atoms with Gasteiger partial charge in [0.1, 0.15) is 0 Å². The third kappa shape index (κ3) is 1.31. The van der Waals surface area contributed by atoms with Crippen LogP contribution in [-0.2, 0) is 0 Å². The van der Waals surface area contributed by atoms with E-state index in [1.807, 2.05) is 0 Å². The Morgan fingerprint density at radius 2 is 2.00 bits per heavy atom. The van der Waals surface area contributed by atoms with Crippen molar-refractivity contribution in [1.82, 2.24) is 10.2 Å². The molecule has 1 heterocycles. The van der Waals surface area contributed by atoms with Crippen LogP contribution in [0.1, 0.15) is 25.7 Å². The fourth-order valence-electron chi connectivity index (χ4n) is 3.14. The van der Waals surface area contributed by atoms with E-state index in [-0.39, 0.29) is 0 Å². The Balaban J connectivity index is 1.56. The molecule has 3 fully saturated rings. The molecule has 2 aliphatic carbocycles. The number of rotatable bonds is 3. The number of fused-ring (bicyclic) bond motifs is 1. The highest BCUT2D eigenvalue weighted by molar-refractivity contribution is 5.03. The van der Waals surface area contributed by atoms with Gasteiger partial charge in [0.25, 0.3) is 0 Å². The molecule has 0 aromatic rings. The zero-order valence-electron chi connectivity index (χ0n) is 8.55. The lowest BCUT2D eigenvalue weighted by atomic mass is 9.76. The minimum Gasteiger partial charge on any atom is -0.313 e. The zero-order chi connectivity index (χ0) is 8.89. The van der Waals surface area contributed by atoms with E-state index in [2.05, 4.69) is 17.3 Å². The van der Waals surface area contributed by atoms with Crippen molar-refractivity contribution in [2.45, 2.75) is 31.2 Å². The number of nitrogens with one attached hydrogen (secondary N) is 1. The maximum Gasteiger partial charge on any atom is 0.0306 e. The molecule has 0 aromatic heterocycles. The summed E-state index contributed by atoms with van der Waals surface area (Å²) in [6, 6.07) is 0. The van der Waals surface area contributed by atoms with Gasteiger partial charge in [-0.1, -0.05) is 0 Å². The molecule has 0 bridgehead atoms. The van der Waals surface area contributed by atoms with E-state index in [0.717, 1.165) is 11.8 Å². The van der Waals surface area contributed by atoms with Crippen molar-refractivity contribution in [3.8, 4) is 0 Å². The third-order valence-corrected chi connectivity index (χ3v) is 4.42. The van der Waals surface area contributed by atoms with E-state index < -0.39 is 0 Å². The number of hydrogen-bond donors (Lipinski definition) is 1. The van der Waals surface area contributed by atoms with Gasteiger partial charge in [-0.25, -0.2) is 0 Å². The Morgan fingerprint density at radius 1 is 1.31 bits per heavy atom. The van der Waals surface area contributed by atoms with Crippen molar-refractivity contribution in [2.75, 3.05) is 26.7 Å². The van der Waals surface area contributed by atoms with Crippen LogP contribution >= 0.6 is 0 Å². The van der Waals surface area contributed by atoms with Gasteiger partial charge < -0.3 is 10.2 Å². The van der Waals surface area contributed by atoms with Crippen LogP contribution in [0.4, 0.5) is 0 Å². The van der Waals surface area contributed by atoms with Crippen LogP contribution in [0.3, 0.4) is 0 Å². The van der Waals surface area contributed by atoms with Gasteiger partial charge in [-0.15, -0.1) is 0 Å². The number of likely N-dealkylation sites (tertiary alicyclic amines) is 1. The molecule has 0 spiro atoms. The van der Waals surface area contributed by atoms with Gasteiger partial charge in [-0.2, -0.15) is 0 Å². The van der Waals surface area contributed by atoms with Crippen LogP contribution in [0, 0.1) is 11.8 Å². The number of piperidine rings is 1. The molecular formula is C11H20N2. The zero-order valence-corrected chi connectivity index (χ0v) is 8.55. The second kappa shape index (κ2) is 2.71. The first-order chi connectivity index (χ1) is 6.31. The molecule has 2 saturated carbocycles. The Hall–Kier alpha value is -0.0800. The second-order valence-corrected chi connectivity index (χ2v) is 5.33. The van der Waals surface area contributed by atoms with Crippen molar-refractivity contribution in [3.05, 3.63) is 0 Å². The third-order valence-electron chi connectivity index (χ3n) is 4.42. The minimum absolute atomic E-state index is 0.511. The number of nitrogens with zero attached hydrogens (tertiary/aromatic N) is 1. The van der Waals surface area contributed by atoms with E-state index >= 15 is 0 Å². The van der Waals surface area contributed by atoms with Gasteiger partial charge in [0.05, 0.1) is 0 Å². The molecule has 3 aliphatic rings. The van der Waals surface area contributed by atoms with E-state index in [1.165, 1.54) is 45.3 Å². The van der Waals surface area contributed by atoms with Crippen LogP contribution in [0.25, 0.3) is 0 Å². The van der Waals surface area contributed by atoms with E-state index in [4.69, 9.17) is 0 Å². The van der Waals surface area contributed by atoms with Gasteiger partial charge in [0.2, 0.25) is 0 Å². The average molecular weight is 180 g/mol. The molecule has 1 aliphatic heterocycles. The smallest absolute Gasteiger partial charge is 0.0306 e. The number of hydrogen-bond acceptors (Lipinski definition) is 2. The van der Waals surface area contributed by atoms with Gasteiger partial charge in [-0.05, 0) is 44.6 Å². The summed E-state index contributed by atoms with van der Waals surface area (Å²) in [4.78, 5) is 2.69. The lowest BCUT2D eigenvalue weighted by Crippen LogP contribution is -2.56. The molecule has 2 atom stereocenters. The summed E-state index contributed by atoms with van der Waals surface area (Å²) in [6.07, 6.45) is 5.76. The summed E-state index contributed by atoms with van der Waals surface area (Å²) >= 11 is 0. The predicted octanol–water partition coefficient (Wildman–Crippen LogP) is 1.08. The largest absolute Gasteiger partial charge is 0.313 e. The molecule has 0 radical (unpaired) electrons. The van der Waals surface area contributed by atoms with Crippen LogP contribution < -0.4 is 5.32 Å². The SMILES string of the molecule is CNC1(CN2CC3CC3C2)CCC1. The monoisotopic (exact) mass is 180 g/mol. The molecule has 0 amide bonds. The Morgan fingerprint density at radius 3 is 2.46 bits per heavy atom. The highest BCUT2D eigenvalue weighted by atomic mass is 15.2. The average Bonchev–Trinajstić information content (AvgIpc) is 2.67. The van der Waals surface area contributed by atoms with Crippen LogP contribution in [0.5, 0.6) is 0 Å². The first kappa shape index (κ1) is 8.25. The van der Waals surface area contributed by atoms with Crippen molar-refractivity contribution >= 4 is 0 Å². The fourth-order valence-corrected chi connectivity index (χ4v) is 3.14. The summed E-state index contributed by atoms with van der Waals surface area (Å²) in [5, 5.41) is 3.53. The molecule has 3 rings (SSSR count). The summed E-state index contributed by atoms with van der Waals surface area (Å²) in [6.45, 7) is 4.11. The summed E-state index contributed by atoms with van der Waals surface area (Å²) in [5.41, 5.74) is 0.511. The highest BCUT2D eigenvalue weighted by Crippen LogP contribution is 2.46. The van der Waals surface area contributed by atoms with Gasteiger partial charge in [0, 0.05) is 25.2 Å². The van der Waals surface area contributed by atoms with Crippen molar-refractivity contribution in [2.24, 2.45) is 11.8 Å². The Labute approximate surface area is 80.7 Å². The molecule has 1 saturated heterocycles. The Bertz CT molecular complexity index is 195. The molecule has 13 heavy (non-hydrogen) atoms. The van der Waals surface area contributed by atoms with Crippen LogP contribution in [-0.4, -0.2) is 37.1 Å². The first-order valence-electron chi connectivity index (χ1n) is 5.73. The Kier molecular flexibility index (Phi) is 1.72. The first-order valence-corrected chi connectivity index (χ1v) is 5.73. The minimum atomic E-state index is 0.511. The van der Waals surface area contributed by atoms with Gasteiger partial charge >= 0.3 is 0 Å². The summed E-state index contributed by atoms with van der Waals surface area (Å²) < 4.78 is 0. The maximum atomic E-state index is 3.53. The summed E-state index contributed by atoms with van der Waals surface area (Å²) in [5.74, 6) is 2.18. The van der Waals surface area contributed by atoms with Crippen LogP contribution in [0.15, 0.2) is 0 Å². The molecule has 74 valence electrons.